The molecule has 1 atom stereocenters. The van der Waals surface area contributed by atoms with Crippen molar-refractivity contribution in [3.05, 3.63) is 34.3 Å². The van der Waals surface area contributed by atoms with E-state index >= 15 is 0 Å². The van der Waals surface area contributed by atoms with Crippen LogP contribution in [0.15, 0.2) is 28.7 Å². The van der Waals surface area contributed by atoms with Crippen molar-refractivity contribution in [1.82, 2.24) is 5.32 Å². The van der Waals surface area contributed by atoms with Gasteiger partial charge in [-0.2, -0.15) is 0 Å². The summed E-state index contributed by atoms with van der Waals surface area (Å²) in [5.41, 5.74) is 0.804. The molecular formula is C15H20BrNO2. The Hall–Kier alpha value is -0.870. The molecule has 1 N–H and O–H groups in total. The molecule has 1 fully saturated rings. The number of benzene rings is 1. The first-order valence-corrected chi connectivity index (χ1v) is 7.52. The van der Waals surface area contributed by atoms with Crippen LogP contribution in [0.1, 0.15) is 32.3 Å². The lowest BCUT2D eigenvalue weighted by Crippen LogP contribution is -2.42. The second kappa shape index (κ2) is 6.06. The first-order valence-electron chi connectivity index (χ1n) is 6.73. The molecule has 2 rings (SSSR count). The SMILES string of the molecule is CCOC[C@@H](C)NC(=O)C1(c2ccc(Br)cc2)CC1. The summed E-state index contributed by atoms with van der Waals surface area (Å²) in [6.45, 7) is 5.18. The van der Waals surface area contributed by atoms with Crippen molar-refractivity contribution in [3.63, 3.8) is 0 Å². The Kier molecular flexibility index (Phi) is 4.63. The van der Waals surface area contributed by atoms with E-state index in [9.17, 15) is 4.79 Å². The van der Waals surface area contributed by atoms with Crippen molar-refractivity contribution in [2.75, 3.05) is 13.2 Å². The minimum atomic E-state index is -0.304. The van der Waals surface area contributed by atoms with E-state index < -0.39 is 0 Å². The van der Waals surface area contributed by atoms with Gasteiger partial charge in [0.2, 0.25) is 5.91 Å². The number of halogens is 1. The molecule has 0 spiro atoms. The molecule has 0 heterocycles. The topological polar surface area (TPSA) is 38.3 Å². The highest BCUT2D eigenvalue weighted by Gasteiger charge is 2.51. The van der Waals surface area contributed by atoms with Gasteiger partial charge in [0.05, 0.1) is 12.0 Å². The van der Waals surface area contributed by atoms with Gasteiger partial charge in [-0.3, -0.25) is 4.79 Å². The number of hydrogen-bond donors (Lipinski definition) is 1. The summed E-state index contributed by atoms with van der Waals surface area (Å²) < 4.78 is 6.37. The van der Waals surface area contributed by atoms with Crippen molar-refractivity contribution < 1.29 is 9.53 Å². The number of ether oxygens (including phenoxy) is 1. The summed E-state index contributed by atoms with van der Waals surface area (Å²) in [5.74, 6) is 0.127. The van der Waals surface area contributed by atoms with Gasteiger partial charge in [-0.25, -0.2) is 0 Å². The fraction of sp³-hybridized carbons (Fsp3) is 0.533. The Labute approximate surface area is 122 Å². The quantitative estimate of drug-likeness (QED) is 0.873. The third-order valence-corrected chi connectivity index (χ3v) is 4.06. The lowest BCUT2D eigenvalue weighted by atomic mass is 9.95. The van der Waals surface area contributed by atoms with Crippen LogP contribution >= 0.6 is 15.9 Å². The van der Waals surface area contributed by atoms with Crippen LogP contribution in [0.5, 0.6) is 0 Å². The van der Waals surface area contributed by atoms with Crippen LogP contribution in [-0.2, 0) is 14.9 Å². The second-order valence-corrected chi connectivity index (χ2v) is 6.04. The zero-order valence-electron chi connectivity index (χ0n) is 11.4. The minimum absolute atomic E-state index is 0.0559. The number of carbonyl (C=O) groups excluding carboxylic acids is 1. The van der Waals surface area contributed by atoms with Gasteiger partial charge in [0.25, 0.3) is 0 Å². The maximum absolute atomic E-state index is 12.4. The number of nitrogens with one attached hydrogen (secondary N) is 1. The zero-order valence-corrected chi connectivity index (χ0v) is 13.0. The Morgan fingerprint density at radius 1 is 1.42 bits per heavy atom. The van der Waals surface area contributed by atoms with Gasteiger partial charge < -0.3 is 10.1 Å². The van der Waals surface area contributed by atoms with Crippen LogP contribution in [0.25, 0.3) is 0 Å². The number of amides is 1. The van der Waals surface area contributed by atoms with Crippen LogP contribution in [0.4, 0.5) is 0 Å². The lowest BCUT2D eigenvalue weighted by molar-refractivity contribution is -0.124. The molecule has 0 radical (unpaired) electrons. The molecule has 19 heavy (non-hydrogen) atoms. The average Bonchev–Trinajstić information content (AvgIpc) is 3.18. The molecule has 1 amide bonds. The number of carbonyl (C=O) groups is 1. The zero-order chi connectivity index (χ0) is 13.9. The molecule has 0 aliphatic heterocycles. The number of hydrogen-bond acceptors (Lipinski definition) is 2. The van der Waals surface area contributed by atoms with E-state index in [0.717, 1.165) is 22.9 Å². The van der Waals surface area contributed by atoms with Gasteiger partial charge in [-0.05, 0) is 44.4 Å². The lowest BCUT2D eigenvalue weighted by Gasteiger charge is -2.20. The van der Waals surface area contributed by atoms with Crippen LogP contribution in [0, 0.1) is 0 Å². The van der Waals surface area contributed by atoms with Crippen molar-refractivity contribution in [3.8, 4) is 0 Å². The standard InChI is InChI=1S/C15H20BrNO2/c1-3-19-10-11(2)17-14(18)15(8-9-15)12-4-6-13(16)7-5-12/h4-7,11H,3,8-10H2,1-2H3,(H,17,18)/t11-/m1/s1. The molecule has 1 aliphatic rings. The summed E-state index contributed by atoms with van der Waals surface area (Å²) in [5, 5.41) is 3.05. The van der Waals surface area contributed by atoms with Crippen LogP contribution < -0.4 is 5.32 Å². The van der Waals surface area contributed by atoms with E-state index in [4.69, 9.17) is 4.74 Å². The Morgan fingerprint density at radius 3 is 2.58 bits per heavy atom. The summed E-state index contributed by atoms with van der Waals surface area (Å²) in [6.07, 6.45) is 1.86. The molecule has 1 aliphatic carbocycles. The Bertz CT molecular complexity index is 440. The smallest absolute Gasteiger partial charge is 0.230 e. The highest BCUT2D eigenvalue weighted by molar-refractivity contribution is 9.10. The van der Waals surface area contributed by atoms with Crippen molar-refractivity contribution >= 4 is 21.8 Å². The third-order valence-electron chi connectivity index (χ3n) is 3.53. The molecule has 1 aromatic carbocycles. The van der Waals surface area contributed by atoms with Crippen LogP contribution in [0.2, 0.25) is 0 Å². The van der Waals surface area contributed by atoms with E-state index in [0.29, 0.717) is 13.2 Å². The molecule has 0 aromatic heterocycles. The second-order valence-electron chi connectivity index (χ2n) is 5.12. The van der Waals surface area contributed by atoms with E-state index in [1.165, 1.54) is 0 Å². The normalized spacial score (nSPS) is 17.8. The van der Waals surface area contributed by atoms with Gasteiger partial charge in [0.1, 0.15) is 0 Å². The highest BCUT2D eigenvalue weighted by Crippen LogP contribution is 2.48. The molecule has 1 aromatic rings. The summed E-state index contributed by atoms with van der Waals surface area (Å²) >= 11 is 3.42. The van der Waals surface area contributed by atoms with Gasteiger partial charge in [-0.1, -0.05) is 28.1 Å². The van der Waals surface area contributed by atoms with Crippen molar-refractivity contribution in [1.29, 1.82) is 0 Å². The molecule has 104 valence electrons. The van der Waals surface area contributed by atoms with E-state index in [1.807, 2.05) is 38.1 Å². The fourth-order valence-electron chi connectivity index (χ4n) is 2.24. The van der Waals surface area contributed by atoms with Crippen LogP contribution in [-0.4, -0.2) is 25.2 Å². The first kappa shape index (κ1) is 14.5. The van der Waals surface area contributed by atoms with E-state index in [1.54, 1.807) is 0 Å². The summed E-state index contributed by atoms with van der Waals surface area (Å²) in [7, 11) is 0. The molecule has 3 nitrogen and oxygen atoms in total. The van der Waals surface area contributed by atoms with Gasteiger partial charge in [0.15, 0.2) is 0 Å². The Morgan fingerprint density at radius 2 is 2.05 bits per heavy atom. The third kappa shape index (κ3) is 3.37. The maximum atomic E-state index is 12.4. The van der Waals surface area contributed by atoms with E-state index in [2.05, 4.69) is 21.2 Å². The summed E-state index contributed by atoms with van der Waals surface area (Å²) in [6, 6.07) is 8.10. The Balaban J connectivity index is 2.00. The molecule has 4 heteroatoms. The fourth-order valence-corrected chi connectivity index (χ4v) is 2.50. The largest absolute Gasteiger partial charge is 0.380 e. The van der Waals surface area contributed by atoms with Crippen molar-refractivity contribution in [2.45, 2.75) is 38.1 Å². The van der Waals surface area contributed by atoms with Gasteiger partial charge in [-0.15, -0.1) is 0 Å². The maximum Gasteiger partial charge on any atom is 0.230 e. The number of rotatable bonds is 6. The van der Waals surface area contributed by atoms with E-state index in [-0.39, 0.29) is 17.4 Å². The molecule has 0 unspecified atom stereocenters. The molecule has 0 saturated heterocycles. The predicted molar refractivity (Wildman–Crippen MR) is 79.2 cm³/mol. The average molecular weight is 326 g/mol. The molecule has 1 saturated carbocycles. The first-order chi connectivity index (χ1) is 9.08. The monoisotopic (exact) mass is 325 g/mol. The highest BCUT2D eigenvalue weighted by atomic mass is 79.9. The predicted octanol–water partition coefficient (Wildman–Crippen LogP) is 3.02. The van der Waals surface area contributed by atoms with Crippen LogP contribution in [0.3, 0.4) is 0 Å². The summed E-state index contributed by atoms with van der Waals surface area (Å²) in [4.78, 5) is 12.4. The van der Waals surface area contributed by atoms with Crippen molar-refractivity contribution in [2.24, 2.45) is 0 Å². The van der Waals surface area contributed by atoms with Gasteiger partial charge >= 0.3 is 0 Å². The molecule has 0 bridgehead atoms. The minimum Gasteiger partial charge on any atom is -0.380 e. The van der Waals surface area contributed by atoms with Gasteiger partial charge in [0, 0.05) is 17.1 Å². The molecular weight excluding hydrogens is 306 g/mol.